The maximum atomic E-state index is 11.3. The van der Waals surface area contributed by atoms with Crippen molar-refractivity contribution < 1.29 is 18.1 Å². The number of nitro benzene ring substituents is 1. The summed E-state index contributed by atoms with van der Waals surface area (Å²) in [5.41, 5.74) is 0.0678. The van der Waals surface area contributed by atoms with Gasteiger partial charge in [-0.2, -0.15) is 0 Å². The van der Waals surface area contributed by atoms with Gasteiger partial charge in [0, 0.05) is 26.8 Å². The van der Waals surface area contributed by atoms with Crippen molar-refractivity contribution in [3.05, 3.63) is 22.2 Å². The van der Waals surface area contributed by atoms with Gasteiger partial charge in [0.05, 0.1) is 22.1 Å². The zero-order chi connectivity index (χ0) is 15.3. The number of anilines is 2. The molecule has 0 aliphatic heterocycles. The summed E-state index contributed by atoms with van der Waals surface area (Å²) >= 11 is 0. The lowest BCUT2D eigenvalue weighted by Crippen LogP contribution is -2.15. The van der Waals surface area contributed by atoms with Gasteiger partial charge in [0.2, 0.25) is 10.0 Å². The highest BCUT2D eigenvalue weighted by molar-refractivity contribution is 7.89. The van der Waals surface area contributed by atoms with Crippen LogP contribution in [0.25, 0.3) is 0 Å². The summed E-state index contributed by atoms with van der Waals surface area (Å²) < 4.78 is 27.5. The molecule has 4 N–H and O–H groups in total. The zero-order valence-corrected chi connectivity index (χ0v) is 11.9. The molecule has 0 radical (unpaired) electrons. The van der Waals surface area contributed by atoms with Gasteiger partial charge in [0.25, 0.3) is 5.69 Å². The van der Waals surface area contributed by atoms with Gasteiger partial charge < -0.3 is 15.4 Å². The fraction of sp³-hybridized carbons (Fsp3) is 0.400. The van der Waals surface area contributed by atoms with Crippen LogP contribution in [0.3, 0.4) is 0 Å². The van der Waals surface area contributed by atoms with Gasteiger partial charge in [-0.05, 0) is 6.07 Å². The summed E-state index contributed by atoms with van der Waals surface area (Å²) in [6, 6.07) is 2.16. The van der Waals surface area contributed by atoms with Gasteiger partial charge in [-0.1, -0.05) is 0 Å². The molecule has 1 aromatic carbocycles. The van der Waals surface area contributed by atoms with E-state index in [1.54, 1.807) is 0 Å². The number of benzene rings is 1. The number of hydrogen-bond acceptors (Lipinski definition) is 7. The van der Waals surface area contributed by atoms with Crippen LogP contribution in [0.2, 0.25) is 0 Å². The van der Waals surface area contributed by atoms with Crippen LogP contribution < -0.4 is 15.8 Å². The highest BCUT2D eigenvalue weighted by Crippen LogP contribution is 2.35. The molecule has 0 bridgehead atoms. The largest absolute Gasteiger partial charge is 0.386 e. The zero-order valence-electron chi connectivity index (χ0n) is 11.0. The topological polar surface area (TPSA) is 137 Å². The lowest BCUT2D eigenvalue weighted by molar-refractivity contribution is -0.384. The number of sulfonamides is 1. The molecule has 9 nitrogen and oxygen atoms in total. The Balaban J connectivity index is 3.37. The average molecular weight is 304 g/mol. The molecule has 1 aromatic rings. The van der Waals surface area contributed by atoms with Crippen LogP contribution in [-0.2, 0) is 14.8 Å². The Morgan fingerprint density at radius 1 is 1.45 bits per heavy atom. The third-order valence-electron chi connectivity index (χ3n) is 2.49. The van der Waals surface area contributed by atoms with E-state index in [0.29, 0.717) is 13.2 Å². The van der Waals surface area contributed by atoms with Crippen LogP contribution in [0.5, 0.6) is 0 Å². The van der Waals surface area contributed by atoms with Crippen molar-refractivity contribution >= 4 is 27.1 Å². The summed E-state index contributed by atoms with van der Waals surface area (Å²) in [5.74, 6) is 0. The lowest BCUT2D eigenvalue weighted by atomic mass is 10.2. The van der Waals surface area contributed by atoms with E-state index < -0.39 is 14.9 Å². The van der Waals surface area contributed by atoms with E-state index in [2.05, 4.69) is 10.6 Å². The molecule has 0 spiro atoms. The molecule has 0 heterocycles. The van der Waals surface area contributed by atoms with Crippen LogP contribution >= 0.6 is 0 Å². The minimum Gasteiger partial charge on any atom is -0.386 e. The monoisotopic (exact) mass is 304 g/mol. The molecular formula is C10H16N4O5S. The Bertz CT molecular complexity index is 602. The van der Waals surface area contributed by atoms with Crippen molar-refractivity contribution in [2.45, 2.75) is 4.90 Å². The predicted molar refractivity (Wildman–Crippen MR) is 74.4 cm³/mol. The first-order chi connectivity index (χ1) is 9.31. The first kappa shape index (κ1) is 16.1. The summed E-state index contributed by atoms with van der Waals surface area (Å²) in [5, 5.41) is 21.6. The first-order valence-corrected chi connectivity index (χ1v) is 7.11. The minimum atomic E-state index is -4.03. The molecule has 0 amide bonds. The second-order valence-corrected chi connectivity index (χ2v) is 5.40. The standard InChI is InChI=1S/C10H16N4O5S/c1-12-8-5-7(20(11,17)18)6-9(14(15)16)10(8)13-3-4-19-2/h5-6,12-13H,3-4H2,1-2H3,(H2,11,17,18). The van der Waals surface area contributed by atoms with Crippen LogP contribution in [0.4, 0.5) is 17.1 Å². The number of nitrogens with one attached hydrogen (secondary N) is 2. The number of hydrogen-bond donors (Lipinski definition) is 3. The molecule has 0 aliphatic carbocycles. The van der Waals surface area contributed by atoms with Gasteiger partial charge in [-0.3, -0.25) is 10.1 Å². The number of nitrogens with two attached hydrogens (primary N) is 1. The molecule has 0 saturated heterocycles. The quantitative estimate of drug-likeness (QED) is 0.375. The third-order valence-corrected chi connectivity index (χ3v) is 3.39. The van der Waals surface area contributed by atoms with Gasteiger partial charge in [0.15, 0.2) is 0 Å². The van der Waals surface area contributed by atoms with Crippen molar-refractivity contribution in [3.8, 4) is 0 Å². The Hall–Kier alpha value is -1.91. The number of rotatable bonds is 7. The van der Waals surface area contributed by atoms with Gasteiger partial charge in [-0.15, -0.1) is 0 Å². The molecule has 20 heavy (non-hydrogen) atoms. The SMILES string of the molecule is CNc1cc(S(N)(=O)=O)cc([N+](=O)[O-])c1NCCOC. The molecule has 1 rings (SSSR count). The van der Waals surface area contributed by atoms with Gasteiger partial charge in [-0.25, -0.2) is 13.6 Å². The number of ether oxygens (including phenoxy) is 1. The molecule has 0 aromatic heterocycles. The average Bonchev–Trinajstić information content (AvgIpc) is 2.37. The van der Waals surface area contributed by atoms with Crippen LogP contribution in [0, 0.1) is 10.1 Å². The molecule has 10 heteroatoms. The summed E-state index contributed by atoms with van der Waals surface area (Å²) in [6.07, 6.45) is 0. The van der Waals surface area contributed by atoms with Crippen molar-refractivity contribution in [2.75, 3.05) is 37.9 Å². The summed E-state index contributed by atoms with van der Waals surface area (Å²) in [4.78, 5) is 10.1. The molecule has 112 valence electrons. The van der Waals surface area contributed by atoms with E-state index in [0.717, 1.165) is 6.07 Å². The molecule has 0 fully saturated rings. The van der Waals surface area contributed by atoms with Crippen molar-refractivity contribution in [1.82, 2.24) is 0 Å². The Morgan fingerprint density at radius 3 is 2.55 bits per heavy atom. The van der Waals surface area contributed by atoms with Crippen molar-refractivity contribution in [2.24, 2.45) is 5.14 Å². The summed E-state index contributed by atoms with van der Waals surface area (Å²) in [7, 11) is -1.01. The Morgan fingerprint density at radius 2 is 2.10 bits per heavy atom. The normalized spacial score (nSPS) is 11.2. The lowest BCUT2D eigenvalue weighted by Gasteiger charge is -2.13. The highest BCUT2D eigenvalue weighted by Gasteiger charge is 2.22. The van der Waals surface area contributed by atoms with Gasteiger partial charge in [0.1, 0.15) is 5.69 Å². The smallest absolute Gasteiger partial charge is 0.295 e. The van der Waals surface area contributed by atoms with Crippen LogP contribution in [0.15, 0.2) is 17.0 Å². The molecule has 0 unspecified atom stereocenters. The number of nitro groups is 1. The Kier molecular flexibility index (Phi) is 5.25. The number of methoxy groups -OCH3 is 1. The van der Waals surface area contributed by atoms with E-state index >= 15 is 0 Å². The maximum Gasteiger partial charge on any atom is 0.295 e. The van der Waals surface area contributed by atoms with Crippen molar-refractivity contribution in [1.29, 1.82) is 0 Å². The van der Waals surface area contributed by atoms with E-state index in [1.165, 1.54) is 20.2 Å². The number of primary sulfonamides is 1. The van der Waals surface area contributed by atoms with Gasteiger partial charge >= 0.3 is 0 Å². The van der Waals surface area contributed by atoms with E-state index in [1.807, 2.05) is 0 Å². The molecule has 0 atom stereocenters. The van der Waals surface area contributed by atoms with Crippen molar-refractivity contribution in [3.63, 3.8) is 0 Å². The fourth-order valence-electron chi connectivity index (χ4n) is 1.57. The first-order valence-electron chi connectivity index (χ1n) is 5.57. The maximum absolute atomic E-state index is 11.3. The Labute approximate surface area is 116 Å². The van der Waals surface area contributed by atoms with E-state index in [9.17, 15) is 18.5 Å². The van der Waals surface area contributed by atoms with E-state index in [4.69, 9.17) is 9.88 Å². The fourth-order valence-corrected chi connectivity index (χ4v) is 2.13. The molecule has 0 saturated carbocycles. The highest BCUT2D eigenvalue weighted by atomic mass is 32.2. The molecule has 0 aliphatic rings. The summed E-state index contributed by atoms with van der Waals surface area (Å²) in [6.45, 7) is 0.679. The van der Waals surface area contributed by atoms with Crippen LogP contribution in [-0.4, -0.2) is 40.7 Å². The predicted octanol–water partition coefficient (Wildman–Crippen LogP) is 0.342. The van der Waals surface area contributed by atoms with Crippen LogP contribution in [0.1, 0.15) is 0 Å². The minimum absolute atomic E-state index is 0.182. The second kappa shape index (κ2) is 6.50. The number of nitrogens with zero attached hydrogens (tertiary/aromatic N) is 1. The molecular weight excluding hydrogens is 288 g/mol. The van der Waals surface area contributed by atoms with E-state index in [-0.39, 0.29) is 22.0 Å². The third kappa shape index (κ3) is 3.79. The second-order valence-electron chi connectivity index (χ2n) is 3.84.